The molecular formula is C23H25NO5S. The molecule has 30 heavy (non-hydrogen) atoms. The quantitative estimate of drug-likeness (QED) is 0.652. The van der Waals surface area contributed by atoms with Crippen LogP contribution in [0.3, 0.4) is 0 Å². The van der Waals surface area contributed by atoms with Gasteiger partial charge in [-0.3, -0.25) is 0 Å². The Hall–Kier alpha value is -2.77. The van der Waals surface area contributed by atoms with E-state index in [-0.39, 0.29) is 4.90 Å². The molecule has 0 aromatic heterocycles. The maximum Gasteiger partial charge on any atom is 0.241 e. The molecule has 1 aliphatic heterocycles. The van der Waals surface area contributed by atoms with Crippen LogP contribution in [0, 0.1) is 0 Å². The van der Waals surface area contributed by atoms with Gasteiger partial charge in [-0.1, -0.05) is 12.1 Å². The summed E-state index contributed by atoms with van der Waals surface area (Å²) >= 11 is 0. The molecule has 1 heterocycles. The molecule has 1 aliphatic rings. The van der Waals surface area contributed by atoms with Crippen LogP contribution in [-0.4, -0.2) is 28.2 Å². The van der Waals surface area contributed by atoms with Crippen LogP contribution in [0.2, 0.25) is 0 Å². The first kappa shape index (κ1) is 20.5. The van der Waals surface area contributed by atoms with Gasteiger partial charge in [-0.05, 0) is 67.1 Å². The third-order valence-electron chi connectivity index (χ3n) is 5.30. The summed E-state index contributed by atoms with van der Waals surface area (Å²) in [5.74, 6) is 2.04. The molecule has 0 aliphatic carbocycles. The molecule has 0 saturated carbocycles. The highest BCUT2D eigenvalue weighted by Gasteiger charge is 2.36. The lowest BCUT2D eigenvalue weighted by Crippen LogP contribution is -2.41. The molecule has 7 heteroatoms. The number of hydrogen-bond donors (Lipinski definition) is 1. The molecule has 0 saturated heterocycles. The predicted molar refractivity (Wildman–Crippen MR) is 116 cm³/mol. The highest BCUT2D eigenvalue weighted by Crippen LogP contribution is 2.41. The smallest absolute Gasteiger partial charge is 0.241 e. The summed E-state index contributed by atoms with van der Waals surface area (Å²) in [6.07, 6.45) is 0.497. The van der Waals surface area contributed by atoms with Gasteiger partial charge in [-0.2, -0.15) is 0 Å². The minimum absolute atomic E-state index is 0.217. The van der Waals surface area contributed by atoms with Crippen molar-refractivity contribution in [2.75, 3.05) is 14.2 Å². The summed E-state index contributed by atoms with van der Waals surface area (Å²) in [5, 5.41) is 1.74. The Kier molecular flexibility index (Phi) is 5.11. The summed E-state index contributed by atoms with van der Waals surface area (Å²) in [6.45, 7) is 3.90. The minimum atomic E-state index is -3.76. The molecule has 1 N–H and O–H groups in total. The summed E-state index contributed by atoms with van der Waals surface area (Å²) in [4.78, 5) is 0.217. The second kappa shape index (κ2) is 7.49. The van der Waals surface area contributed by atoms with Crippen molar-refractivity contribution in [1.82, 2.24) is 4.72 Å². The van der Waals surface area contributed by atoms with Crippen LogP contribution in [0.15, 0.2) is 59.5 Å². The first-order chi connectivity index (χ1) is 14.2. The fourth-order valence-corrected chi connectivity index (χ4v) is 5.07. The van der Waals surface area contributed by atoms with E-state index >= 15 is 0 Å². The molecule has 3 aromatic carbocycles. The molecule has 4 rings (SSSR count). The van der Waals surface area contributed by atoms with Crippen molar-refractivity contribution in [2.24, 2.45) is 0 Å². The van der Waals surface area contributed by atoms with Crippen LogP contribution in [0.5, 0.6) is 17.2 Å². The van der Waals surface area contributed by atoms with Gasteiger partial charge >= 0.3 is 0 Å². The van der Waals surface area contributed by atoms with Gasteiger partial charge in [0, 0.05) is 12.0 Å². The SMILES string of the molecule is COc1ccc2c(c1)[C@@H](NS(=O)(=O)c1ccc3cc(OC)ccc3c1)CC(C)(C)O2. The maximum absolute atomic E-state index is 13.2. The second-order valence-electron chi connectivity index (χ2n) is 8.02. The van der Waals surface area contributed by atoms with Gasteiger partial charge in [0.15, 0.2) is 0 Å². The van der Waals surface area contributed by atoms with Crippen LogP contribution >= 0.6 is 0 Å². The highest BCUT2D eigenvalue weighted by atomic mass is 32.2. The second-order valence-corrected chi connectivity index (χ2v) is 9.73. The third kappa shape index (κ3) is 3.95. The van der Waals surface area contributed by atoms with Gasteiger partial charge in [0.1, 0.15) is 22.8 Å². The van der Waals surface area contributed by atoms with Crippen molar-refractivity contribution in [3.63, 3.8) is 0 Å². The van der Waals surface area contributed by atoms with Gasteiger partial charge < -0.3 is 14.2 Å². The van der Waals surface area contributed by atoms with Crippen LogP contribution in [0.1, 0.15) is 31.9 Å². The topological polar surface area (TPSA) is 73.9 Å². The molecule has 0 spiro atoms. The van der Waals surface area contributed by atoms with E-state index in [0.717, 1.165) is 22.1 Å². The predicted octanol–water partition coefficient (Wildman–Crippen LogP) is 4.44. The van der Waals surface area contributed by atoms with E-state index in [0.29, 0.717) is 17.9 Å². The van der Waals surface area contributed by atoms with E-state index in [1.54, 1.807) is 32.4 Å². The monoisotopic (exact) mass is 427 g/mol. The van der Waals surface area contributed by atoms with E-state index in [1.165, 1.54) is 0 Å². The van der Waals surface area contributed by atoms with Gasteiger partial charge in [-0.25, -0.2) is 13.1 Å². The Labute approximate surface area is 176 Å². The number of sulfonamides is 1. The first-order valence-corrected chi connectivity index (χ1v) is 11.2. The molecule has 3 aromatic rings. The first-order valence-electron chi connectivity index (χ1n) is 9.68. The molecule has 1 atom stereocenters. The summed E-state index contributed by atoms with van der Waals surface area (Å²) in [6, 6.07) is 15.6. The lowest BCUT2D eigenvalue weighted by Gasteiger charge is -2.37. The van der Waals surface area contributed by atoms with Gasteiger partial charge in [-0.15, -0.1) is 0 Å². The van der Waals surface area contributed by atoms with Crippen molar-refractivity contribution in [3.8, 4) is 17.2 Å². The van der Waals surface area contributed by atoms with E-state index in [4.69, 9.17) is 14.2 Å². The van der Waals surface area contributed by atoms with E-state index in [9.17, 15) is 8.42 Å². The van der Waals surface area contributed by atoms with Crippen LogP contribution in [-0.2, 0) is 10.0 Å². The number of benzene rings is 3. The molecule has 0 fully saturated rings. The van der Waals surface area contributed by atoms with Gasteiger partial charge in [0.05, 0.1) is 25.2 Å². The molecule has 158 valence electrons. The number of fused-ring (bicyclic) bond motifs is 2. The Morgan fingerprint density at radius 1 is 0.933 bits per heavy atom. The van der Waals surface area contributed by atoms with Crippen molar-refractivity contribution >= 4 is 20.8 Å². The number of rotatable bonds is 5. The van der Waals surface area contributed by atoms with Crippen molar-refractivity contribution in [2.45, 2.75) is 36.8 Å². The normalized spacial score (nSPS) is 17.8. The van der Waals surface area contributed by atoms with Gasteiger partial charge in [0.2, 0.25) is 10.0 Å². The zero-order valence-corrected chi connectivity index (χ0v) is 18.2. The van der Waals surface area contributed by atoms with Crippen LogP contribution in [0.4, 0.5) is 0 Å². The molecule has 0 radical (unpaired) electrons. The molecule has 0 bridgehead atoms. The Morgan fingerprint density at radius 2 is 1.57 bits per heavy atom. The highest BCUT2D eigenvalue weighted by molar-refractivity contribution is 7.89. The standard InChI is InChI=1S/C23H25NO5S/c1-23(2)14-21(20-13-18(28-4)8-10-22(20)29-23)24-30(25,26)19-9-6-15-11-17(27-3)7-5-16(15)12-19/h5-13,21,24H,14H2,1-4H3/t21-/m0/s1. The Bertz CT molecular complexity index is 1200. The average Bonchev–Trinajstić information content (AvgIpc) is 2.71. The summed E-state index contributed by atoms with van der Waals surface area (Å²) in [5.41, 5.74) is 0.261. The number of nitrogens with one attached hydrogen (secondary N) is 1. The van der Waals surface area contributed by atoms with Crippen LogP contribution < -0.4 is 18.9 Å². The number of hydrogen-bond acceptors (Lipinski definition) is 5. The Morgan fingerprint density at radius 3 is 2.30 bits per heavy atom. The fraction of sp³-hybridized carbons (Fsp3) is 0.304. The summed E-state index contributed by atoms with van der Waals surface area (Å²) in [7, 11) is -0.572. The number of ether oxygens (including phenoxy) is 3. The van der Waals surface area contributed by atoms with Crippen molar-refractivity contribution in [3.05, 3.63) is 60.2 Å². The molecule has 6 nitrogen and oxygen atoms in total. The molecule has 0 unspecified atom stereocenters. The Balaban J connectivity index is 1.70. The summed E-state index contributed by atoms with van der Waals surface area (Å²) < 4.78 is 45.9. The molecule has 0 amide bonds. The third-order valence-corrected chi connectivity index (χ3v) is 6.77. The lowest BCUT2D eigenvalue weighted by molar-refractivity contribution is 0.0700. The zero-order chi connectivity index (χ0) is 21.5. The maximum atomic E-state index is 13.2. The van der Waals surface area contributed by atoms with E-state index < -0.39 is 21.7 Å². The van der Waals surface area contributed by atoms with Crippen molar-refractivity contribution < 1.29 is 22.6 Å². The van der Waals surface area contributed by atoms with Crippen LogP contribution in [0.25, 0.3) is 10.8 Å². The van der Waals surface area contributed by atoms with Gasteiger partial charge in [0.25, 0.3) is 0 Å². The average molecular weight is 428 g/mol. The zero-order valence-electron chi connectivity index (χ0n) is 17.4. The molecular weight excluding hydrogens is 402 g/mol. The van der Waals surface area contributed by atoms with E-state index in [2.05, 4.69) is 4.72 Å². The van der Waals surface area contributed by atoms with Crippen molar-refractivity contribution in [1.29, 1.82) is 0 Å². The largest absolute Gasteiger partial charge is 0.497 e. The lowest BCUT2D eigenvalue weighted by atomic mass is 9.90. The van der Waals surface area contributed by atoms with E-state index in [1.807, 2.05) is 50.2 Å². The fourth-order valence-electron chi connectivity index (χ4n) is 3.82. The number of methoxy groups -OCH3 is 2. The minimum Gasteiger partial charge on any atom is -0.497 e.